The molecule has 0 heterocycles. The standard InChI is InChI=1S/C24H29N3O8/c1-8-11-9(26(2)3)6-7-10(28)13(11)18(29)14-12(8)19(30)16-17(27(4)5)20(31)15(23(25)34)22(33)24(16,35)21(14)32/h6-8,12,16-17,19,28,30-32,35H,1-5H3,(H2,25,34)/t8-,12+,16+,17-,19-,24-/m1/s1. The van der Waals surface area contributed by atoms with Gasteiger partial charge in [-0.2, -0.15) is 0 Å². The van der Waals surface area contributed by atoms with Gasteiger partial charge in [0.15, 0.2) is 11.4 Å². The number of likely N-dealkylation sites (N-methyl/N-ethyl adjacent to an activating group) is 1. The van der Waals surface area contributed by atoms with Gasteiger partial charge in [0.25, 0.3) is 5.91 Å². The van der Waals surface area contributed by atoms with Crippen LogP contribution in [0.3, 0.4) is 0 Å². The van der Waals surface area contributed by atoms with Gasteiger partial charge in [-0.05, 0) is 37.7 Å². The minimum atomic E-state index is -2.92. The Morgan fingerprint density at radius 3 is 2.20 bits per heavy atom. The summed E-state index contributed by atoms with van der Waals surface area (Å²) >= 11 is 0. The quantitative estimate of drug-likeness (QED) is 0.310. The number of hydrogen-bond acceptors (Lipinski definition) is 10. The summed E-state index contributed by atoms with van der Waals surface area (Å²) in [6.07, 6.45) is -1.62. The molecule has 4 rings (SSSR count). The van der Waals surface area contributed by atoms with Crippen molar-refractivity contribution in [2.75, 3.05) is 33.1 Å². The fourth-order valence-corrected chi connectivity index (χ4v) is 6.07. The first-order valence-corrected chi connectivity index (χ1v) is 11.1. The molecule has 0 saturated carbocycles. The molecular weight excluding hydrogens is 458 g/mol. The number of anilines is 1. The minimum Gasteiger partial charge on any atom is -0.510 e. The Hall–Kier alpha value is -3.41. The Kier molecular flexibility index (Phi) is 5.51. The topological polar surface area (TPSA) is 185 Å². The summed E-state index contributed by atoms with van der Waals surface area (Å²) in [7, 11) is 6.48. The third kappa shape index (κ3) is 2.98. The number of aromatic hydroxyl groups is 1. The SMILES string of the molecule is C[C@@H]1c2c(N(C)C)ccc(O)c2C(=O)C2=C(O)[C@@]3(O)C(=O)C(C(N)=O)=C(O)[C@H](N(C)C)[C@H]3[C@H](O)[C@H]21. The van der Waals surface area contributed by atoms with E-state index >= 15 is 0 Å². The Bertz CT molecular complexity index is 1230. The van der Waals surface area contributed by atoms with Crippen LogP contribution < -0.4 is 10.6 Å². The number of benzene rings is 1. The van der Waals surface area contributed by atoms with E-state index in [1.807, 2.05) is 0 Å². The molecule has 1 aromatic carbocycles. The van der Waals surface area contributed by atoms with Crippen LogP contribution in [0.25, 0.3) is 0 Å². The number of carbonyl (C=O) groups excluding carboxylic acids is 3. The minimum absolute atomic E-state index is 0.114. The molecule has 3 aliphatic carbocycles. The van der Waals surface area contributed by atoms with Crippen molar-refractivity contribution in [1.82, 2.24) is 4.90 Å². The summed E-state index contributed by atoms with van der Waals surface area (Å²) < 4.78 is 0. The maximum absolute atomic E-state index is 13.7. The predicted octanol–water partition coefficient (Wildman–Crippen LogP) is -0.282. The molecule has 0 bridgehead atoms. The molecule has 11 nitrogen and oxygen atoms in total. The van der Waals surface area contributed by atoms with Gasteiger partial charge in [0.05, 0.1) is 23.6 Å². The molecule has 0 unspecified atom stereocenters. The first-order valence-electron chi connectivity index (χ1n) is 11.1. The van der Waals surface area contributed by atoms with Crippen LogP contribution in [0.4, 0.5) is 5.69 Å². The Labute approximate surface area is 201 Å². The Morgan fingerprint density at radius 2 is 1.69 bits per heavy atom. The van der Waals surface area contributed by atoms with E-state index < -0.39 is 75.6 Å². The molecule has 188 valence electrons. The number of phenols is 1. The number of aliphatic hydroxyl groups excluding tert-OH is 3. The van der Waals surface area contributed by atoms with Crippen molar-refractivity contribution in [3.8, 4) is 5.75 Å². The molecule has 3 aliphatic rings. The summed E-state index contributed by atoms with van der Waals surface area (Å²) in [5.74, 6) is -9.03. The fraction of sp³-hybridized carbons (Fsp3) is 0.458. The average Bonchev–Trinajstić information content (AvgIpc) is 2.75. The fourth-order valence-electron chi connectivity index (χ4n) is 6.07. The Balaban J connectivity index is 2.08. The van der Waals surface area contributed by atoms with E-state index in [2.05, 4.69) is 0 Å². The normalized spacial score (nSPS) is 32.4. The Morgan fingerprint density at radius 1 is 1.09 bits per heavy atom. The van der Waals surface area contributed by atoms with Crippen LogP contribution in [0, 0.1) is 11.8 Å². The van der Waals surface area contributed by atoms with Crippen LogP contribution >= 0.6 is 0 Å². The van der Waals surface area contributed by atoms with E-state index in [1.165, 1.54) is 25.1 Å². The molecule has 1 amide bonds. The molecule has 0 spiro atoms. The van der Waals surface area contributed by atoms with Gasteiger partial charge >= 0.3 is 0 Å². The van der Waals surface area contributed by atoms with Crippen LogP contribution in [0.15, 0.2) is 34.8 Å². The molecule has 11 heteroatoms. The predicted molar refractivity (Wildman–Crippen MR) is 124 cm³/mol. The van der Waals surface area contributed by atoms with Crippen molar-refractivity contribution in [3.05, 3.63) is 45.9 Å². The highest BCUT2D eigenvalue weighted by Gasteiger charge is 2.67. The maximum atomic E-state index is 13.7. The third-order valence-electron chi connectivity index (χ3n) is 7.57. The zero-order chi connectivity index (χ0) is 26.3. The van der Waals surface area contributed by atoms with Gasteiger partial charge in [-0.25, -0.2) is 0 Å². The van der Waals surface area contributed by atoms with Crippen molar-refractivity contribution in [3.63, 3.8) is 0 Å². The van der Waals surface area contributed by atoms with Crippen molar-refractivity contribution in [1.29, 1.82) is 0 Å². The highest BCUT2D eigenvalue weighted by molar-refractivity contribution is 6.25. The van der Waals surface area contributed by atoms with E-state index in [4.69, 9.17) is 5.73 Å². The zero-order valence-corrected chi connectivity index (χ0v) is 20.0. The number of nitrogens with zero attached hydrogens (tertiary/aromatic N) is 2. The number of nitrogens with two attached hydrogens (primary N) is 1. The lowest BCUT2D eigenvalue weighted by molar-refractivity contribution is -0.162. The molecule has 0 aliphatic heterocycles. The highest BCUT2D eigenvalue weighted by atomic mass is 16.4. The van der Waals surface area contributed by atoms with Crippen LogP contribution in [0.2, 0.25) is 0 Å². The second kappa shape index (κ2) is 7.80. The van der Waals surface area contributed by atoms with Crippen LogP contribution in [-0.4, -0.2) is 93.8 Å². The second-order valence-corrected chi connectivity index (χ2v) is 9.84. The van der Waals surface area contributed by atoms with Crippen LogP contribution in [0.1, 0.15) is 28.8 Å². The lowest BCUT2D eigenvalue weighted by Crippen LogP contribution is -2.68. The first-order chi connectivity index (χ1) is 16.2. The van der Waals surface area contributed by atoms with Crippen LogP contribution in [0.5, 0.6) is 5.75 Å². The van der Waals surface area contributed by atoms with Gasteiger partial charge in [0.2, 0.25) is 5.78 Å². The highest BCUT2D eigenvalue weighted by Crippen LogP contribution is 2.56. The molecule has 0 aromatic heterocycles. The number of amides is 1. The smallest absolute Gasteiger partial charge is 0.255 e. The number of primary amides is 1. The zero-order valence-electron chi connectivity index (χ0n) is 20.0. The maximum Gasteiger partial charge on any atom is 0.255 e. The molecule has 0 fully saturated rings. The summed E-state index contributed by atoms with van der Waals surface area (Å²) in [5, 5.41) is 56.0. The molecule has 0 radical (unpaired) electrons. The summed E-state index contributed by atoms with van der Waals surface area (Å²) in [6, 6.07) is 1.66. The van der Waals surface area contributed by atoms with Crippen molar-refractivity contribution < 1.29 is 39.9 Å². The number of rotatable bonds is 3. The summed E-state index contributed by atoms with van der Waals surface area (Å²) in [4.78, 5) is 42.2. The molecule has 0 saturated heterocycles. The first kappa shape index (κ1) is 24.7. The second-order valence-electron chi connectivity index (χ2n) is 9.84. The van der Waals surface area contributed by atoms with Crippen molar-refractivity contribution >= 4 is 23.2 Å². The van der Waals surface area contributed by atoms with Crippen molar-refractivity contribution in [2.45, 2.75) is 30.6 Å². The van der Waals surface area contributed by atoms with E-state index in [0.29, 0.717) is 11.3 Å². The van der Waals surface area contributed by atoms with Crippen LogP contribution in [-0.2, 0) is 9.59 Å². The van der Waals surface area contributed by atoms with Gasteiger partial charge in [0.1, 0.15) is 22.8 Å². The molecule has 6 atom stereocenters. The number of phenolic OH excluding ortho intramolecular Hbond substituents is 1. The largest absolute Gasteiger partial charge is 0.510 e. The number of carbonyl (C=O) groups is 3. The lowest BCUT2D eigenvalue weighted by atomic mass is 9.55. The van der Waals surface area contributed by atoms with Gasteiger partial charge in [0, 0.05) is 31.3 Å². The van der Waals surface area contributed by atoms with Gasteiger partial charge in [-0.1, -0.05) is 6.92 Å². The number of hydrogen-bond donors (Lipinski definition) is 6. The summed E-state index contributed by atoms with van der Waals surface area (Å²) in [6.45, 7) is 1.70. The van der Waals surface area contributed by atoms with E-state index in [0.717, 1.165) is 0 Å². The van der Waals surface area contributed by atoms with E-state index in [9.17, 15) is 39.9 Å². The van der Waals surface area contributed by atoms with Gasteiger partial charge < -0.3 is 36.2 Å². The molecule has 1 aromatic rings. The summed E-state index contributed by atoms with van der Waals surface area (Å²) in [5.41, 5.74) is 1.96. The average molecular weight is 488 g/mol. The number of ketones is 2. The molecule has 35 heavy (non-hydrogen) atoms. The monoisotopic (exact) mass is 487 g/mol. The third-order valence-corrected chi connectivity index (χ3v) is 7.57. The lowest BCUT2D eigenvalue weighted by Gasteiger charge is -2.53. The molecular formula is C24H29N3O8. The van der Waals surface area contributed by atoms with E-state index in [1.54, 1.807) is 32.0 Å². The van der Waals surface area contributed by atoms with Crippen molar-refractivity contribution in [2.24, 2.45) is 17.6 Å². The number of Topliss-reactive ketones (excluding diaryl/α,β-unsaturated/α-hetero) is 2. The van der Waals surface area contributed by atoms with E-state index in [-0.39, 0.29) is 11.3 Å². The number of fused-ring (bicyclic) bond motifs is 3. The number of aliphatic hydroxyl groups is 4. The van der Waals surface area contributed by atoms with Gasteiger partial charge in [-0.3, -0.25) is 19.3 Å². The molecule has 7 N–H and O–H groups in total. The van der Waals surface area contributed by atoms with Gasteiger partial charge in [-0.15, -0.1) is 0 Å².